The van der Waals surface area contributed by atoms with Crippen molar-refractivity contribution in [3.05, 3.63) is 23.8 Å². The molecule has 112 valence electrons. The van der Waals surface area contributed by atoms with Crippen LogP contribution in [0.1, 0.15) is 25.3 Å². The van der Waals surface area contributed by atoms with Gasteiger partial charge in [-0.25, -0.2) is 0 Å². The van der Waals surface area contributed by atoms with Crippen LogP contribution in [-0.4, -0.2) is 26.7 Å². The van der Waals surface area contributed by atoms with Crippen LogP contribution in [0.15, 0.2) is 18.2 Å². The van der Waals surface area contributed by atoms with Crippen molar-refractivity contribution in [1.82, 2.24) is 5.32 Å². The highest BCUT2D eigenvalue weighted by Gasteiger charge is 2.07. The first-order chi connectivity index (χ1) is 9.60. The molecule has 0 saturated carbocycles. The minimum Gasteiger partial charge on any atom is -0.493 e. The maximum Gasteiger partial charge on any atom is 0.220 e. The maximum absolute atomic E-state index is 11.7. The van der Waals surface area contributed by atoms with Crippen LogP contribution in [0.2, 0.25) is 0 Å². The zero-order valence-corrected chi connectivity index (χ0v) is 12.4. The largest absolute Gasteiger partial charge is 0.493 e. The van der Waals surface area contributed by atoms with Gasteiger partial charge in [0.2, 0.25) is 5.91 Å². The molecule has 20 heavy (non-hydrogen) atoms. The summed E-state index contributed by atoms with van der Waals surface area (Å²) < 4.78 is 10.4. The lowest BCUT2D eigenvalue weighted by molar-refractivity contribution is -0.121. The van der Waals surface area contributed by atoms with Gasteiger partial charge in [0.25, 0.3) is 0 Å². The molecule has 0 aliphatic carbocycles. The van der Waals surface area contributed by atoms with Crippen molar-refractivity contribution < 1.29 is 14.3 Å². The van der Waals surface area contributed by atoms with E-state index in [4.69, 9.17) is 15.2 Å². The van der Waals surface area contributed by atoms with Gasteiger partial charge in [0.1, 0.15) is 0 Å². The molecule has 0 radical (unpaired) electrons. The molecule has 5 nitrogen and oxygen atoms in total. The second-order valence-corrected chi connectivity index (χ2v) is 4.85. The smallest absolute Gasteiger partial charge is 0.220 e. The number of carbonyl (C=O) groups excluding carboxylic acids is 1. The van der Waals surface area contributed by atoms with Gasteiger partial charge in [-0.05, 0) is 36.6 Å². The Labute approximate surface area is 120 Å². The molecule has 0 aliphatic rings. The van der Waals surface area contributed by atoms with Crippen LogP contribution >= 0.6 is 0 Å². The van der Waals surface area contributed by atoms with Crippen LogP contribution in [0.3, 0.4) is 0 Å². The number of nitrogens with two attached hydrogens (primary N) is 1. The van der Waals surface area contributed by atoms with Crippen LogP contribution in [0, 0.1) is 5.92 Å². The van der Waals surface area contributed by atoms with E-state index in [1.165, 1.54) is 0 Å². The second kappa shape index (κ2) is 8.43. The average molecular weight is 280 g/mol. The Balaban J connectivity index is 2.47. The third-order valence-corrected chi connectivity index (χ3v) is 3.20. The summed E-state index contributed by atoms with van der Waals surface area (Å²) in [5.41, 5.74) is 6.50. The molecule has 3 N–H and O–H groups in total. The van der Waals surface area contributed by atoms with E-state index in [1.807, 2.05) is 25.1 Å². The Bertz CT molecular complexity index is 435. The highest BCUT2D eigenvalue weighted by molar-refractivity contribution is 5.75. The second-order valence-electron chi connectivity index (χ2n) is 4.85. The molecule has 1 aromatic rings. The van der Waals surface area contributed by atoms with Crippen molar-refractivity contribution in [3.63, 3.8) is 0 Å². The van der Waals surface area contributed by atoms with Crippen LogP contribution < -0.4 is 20.5 Å². The topological polar surface area (TPSA) is 73.6 Å². The molecular formula is C15H24N2O3. The van der Waals surface area contributed by atoms with E-state index in [9.17, 15) is 4.79 Å². The number of methoxy groups -OCH3 is 2. The van der Waals surface area contributed by atoms with Crippen molar-refractivity contribution in [2.75, 3.05) is 20.8 Å². The van der Waals surface area contributed by atoms with Gasteiger partial charge in [0, 0.05) is 13.0 Å². The van der Waals surface area contributed by atoms with Gasteiger partial charge in [-0.3, -0.25) is 4.79 Å². The lowest BCUT2D eigenvalue weighted by Crippen LogP contribution is -2.24. The van der Waals surface area contributed by atoms with E-state index in [1.54, 1.807) is 14.2 Å². The zero-order valence-electron chi connectivity index (χ0n) is 12.4. The molecule has 0 aliphatic heterocycles. The van der Waals surface area contributed by atoms with E-state index in [-0.39, 0.29) is 5.91 Å². The molecule has 0 spiro atoms. The Morgan fingerprint density at radius 3 is 2.60 bits per heavy atom. The van der Waals surface area contributed by atoms with Gasteiger partial charge in [0.05, 0.1) is 14.2 Å². The normalized spacial score (nSPS) is 11.8. The summed E-state index contributed by atoms with van der Waals surface area (Å²) in [6.07, 6.45) is 1.32. The minimum atomic E-state index is 0.0417. The first kappa shape index (κ1) is 16.3. The number of ether oxygens (including phenoxy) is 2. The number of rotatable bonds is 8. The predicted octanol–water partition coefficient (Wildman–Crippen LogP) is 1.69. The molecule has 0 heterocycles. The van der Waals surface area contributed by atoms with E-state index in [0.717, 1.165) is 12.0 Å². The molecule has 1 atom stereocenters. The molecule has 0 aromatic heterocycles. The lowest BCUT2D eigenvalue weighted by atomic mass is 10.1. The summed E-state index contributed by atoms with van der Waals surface area (Å²) in [6, 6.07) is 5.60. The van der Waals surface area contributed by atoms with Crippen molar-refractivity contribution >= 4 is 5.91 Å². The Kier molecular flexibility index (Phi) is 6.87. The van der Waals surface area contributed by atoms with Gasteiger partial charge >= 0.3 is 0 Å². The molecule has 1 rings (SSSR count). The maximum atomic E-state index is 11.7. The fourth-order valence-electron chi connectivity index (χ4n) is 1.77. The van der Waals surface area contributed by atoms with Gasteiger partial charge < -0.3 is 20.5 Å². The Morgan fingerprint density at radius 1 is 1.30 bits per heavy atom. The summed E-state index contributed by atoms with van der Waals surface area (Å²) in [5.74, 6) is 1.76. The van der Waals surface area contributed by atoms with Crippen LogP contribution in [-0.2, 0) is 11.3 Å². The number of nitrogens with one attached hydrogen (secondary N) is 1. The summed E-state index contributed by atoms with van der Waals surface area (Å²) >= 11 is 0. The average Bonchev–Trinajstić information content (AvgIpc) is 2.49. The summed E-state index contributed by atoms with van der Waals surface area (Å²) in [7, 11) is 3.19. The van der Waals surface area contributed by atoms with E-state index >= 15 is 0 Å². The van der Waals surface area contributed by atoms with Crippen molar-refractivity contribution in [3.8, 4) is 11.5 Å². The van der Waals surface area contributed by atoms with Crippen LogP contribution in [0.5, 0.6) is 11.5 Å². The zero-order chi connectivity index (χ0) is 15.0. The van der Waals surface area contributed by atoms with Crippen molar-refractivity contribution in [2.24, 2.45) is 11.7 Å². The van der Waals surface area contributed by atoms with Gasteiger partial charge in [-0.15, -0.1) is 0 Å². The molecule has 0 fully saturated rings. The third kappa shape index (κ3) is 5.09. The Morgan fingerprint density at radius 2 is 2.00 bits per heavy atom. The number of benzene rings is 1. The number of hydrogen-bond acceptors (Lipinski definition) is 4. The van der Waals surface area contributed by atoms with Gasteiger partial charge in [-0.1, -0.05) is 13.0 Å². The standard InChI is InChI=1S/C15H24N2O3/c1-11(9-16)4-7-15(18)17-10-12-5-6-13(19-2)14(8-12)20-3/h5-6,8,11H,4,7,9-10,16H2,1-3H3,(H,17,18). The molecule has 0 saturated heterocycles. The number of hydrogen-bond donors (Lipinski definition) is 2. The van der Waals surface area contributed by atoms with Gasteiger partial charge in [-0.2, -0.15) is 0 Å². The van der Waals surface area contributed by atoms with E-state index in [2.05, 4.69) is 5.32 Å². The number of carbonyl (C=O) groups is 1. The third-order valence-electron chi connectivity index (χ3n) is 3.20. The van der Waals surface area contributed by atoms with Crippen molar-refractivity contribution in [2.45, 2.75) is 26.3 Å². The Hall–Kier alpha value is -1.75. The van der Waals surface area contributed by atoms with E-state index in [0.29, 0.717) is 36.9 Å². The highest BCUT2D eigenvalue weighted by Crippen LogP contribution is 2.27. The van der Waals surface area contributed by atoms with E-state index < -0.39 is 0 Å². The SMILES string of the molecule is COc1ccc(CNC(=O)CCC(C)CN)cc1OC. The van der Waals surface area contributed by atoms with Crippen LogP contribution in [0.25, 0.3) is 0 Å². The highest BCUT2D eigenvalue weighted by atomic mass is 16.5. The summed E-state index contributed by atoms with van der Waals surface area (Å²) in [6.45, 7) is 3.14. The van der Waals surface area contributed by atoms with Gasteiger partial charge in [0.15, 0.2) is 11.5 Å². The molecule has 1 amide bonds. The lowest BCUT2D eigenvalue weighted by Gasteiger charge is -2.11. The molecule has 1 aromatic carbocycles. The van der Waals surface area contributed by atoms with Crippen LogP contribution in [0.4, 0.5) is 0 Å². The predicted molar refractivity (Wildman–Crippen MR) is 78.8 cm³/mol. The molecule has 0 bridgehead atoms. The molecule has 1 unspecified atom stereocenters. The fraction of sp³-hybridized carbons (Fsp3) is 0.533. The molecule has 5 heteroatoms. The first-order valence-corrected chi connectivity index (χ1v) is 6.78. The molecular weight excluding hydrogens is 256 g/mol. The van der Waals surface area contributed by atoms with Crippen molar-refractivity contribution in [1.29, 1.82) is 0 Å². The quantitative estimate of drug-likeness (QED) is 0.760. The minimum absolute atomic E-state index is 0.0417. The summed E-state index contributed by atoms with van der Waals surface area (Å²) in [4.78, 5) is 11.7. The summed E-state index contributed by atoms with van der Waals surface area (Å²) in [5, 5.41) is 2.89. The number of amides is 1. The fourth-order valence-corrected chi connectivity index (χ4v) is 1.77. The first-order valence-electron chi connectivity index (χ1n) is 6.78. The monoisotopic (exact) mass is 280 g/mol.